The highest BCUT2D eigenvalue weighted by atomic mass is 79.9. The Morgan fingerprint density at radius 3 is 2.79 bits per heavy atom. The third kappa shape index (κ3) is 2.23. The first kappa shape index (κ1) is 11.0. The first-order valence-corrected chi connectivity index (χ1v) is 5.33. The van der Waals surface area contributed by atoms with Gasteiger partial charge in [-0.3, -0.25) is 0 Å². The first-order chi connectivity index (χ1) is 6.70. The molecule has 1 N–H and O–H groups in total. The van der Waals surface area contributed by atoms with Gasteiger partial charge < -0.3 is 5.11 Å². The maximum atomic E-state index is 10.9. The molecule has 14 heavy (non-hydrogen) atoms. The van der Waals surface area contributed by atoms with E-state index in [9.17, 15) is 4.79 Å². The number of allylic oxidation sites excluding steroid dienone is 1. The van der Waals surface area contributed by atoms with Crippen LogP contribution in [-0.2, 0) is 11.8 Å². The molecule has 0 aliphatic rings. The highest BCUT2D eigenvalue weighted by molar-refractivity contribution is 9.08. The quantitative estimate of drug-likeness (QED) is 0.663. The standard InChI is InChI=1S/C11H11BrO2/c1-2-4-8-5-3-6-9(11(13)14)10(8)7-12/h2-3,5-6H,1,4,7H2,(H,13,14). The average molecular weight is 255 g/mol. The summed E-state index contributed by atoms with van der Waals surface area (Å²) in [6.45, 7) is 3.64. The van der Waals surface area contributed by atoms with Crippen LogP contribution in [0.3, 0.4) is 0 Å². The van der Waals surface area contributed by atoms with Crippen molar-refractivity contribution in [3.05, 3.63) is 47.5 Å². The fraction of sp³-hybridized carbons (Fsp3) is 0.182. The molecule has 0 heterocycles. The molecule has 0 spiro atoms. The van der Waals surface area contributed by atoms with E-state index in [1.165, 1.54) is 0 Å². The SMILES string of the molecule is C=CCc1cccc(C(=O)O)c1CBr. The predicted octanol–water partition coefficient (Wildman–Crippen LogP) is 3.01. The molecule has 0 radical (unpaired) electrons. The Hall–Kier alpha value is -1.09. The fourth-order valence-corrected chi connectivity index (χ4v) is 2.00. The summed E-state index contributed by atoms with van der Waals surface area (Å²) in [4.78, 5) is 10.9. The summed E-state index contributed by atoms with van der Waals surface area (Å²) in [6, 6.07) is 5.30. The van der Waals surface area contributed by atoms with Gasteiger partial charge in [0.2, 0.25) is 0 Å². The van der Waals surface area contributed by atoms with Gasteiger partial charge in [-0.25, -0.2) is 4.79 Å². The van der Waals surface area contributed by atoms with Gasteiger partial charge in [0, 0.05) is 5.33 Å². The Bertz CT molecular complexity index is 358. The van der Waals surface area contributed by atoms with Gasteiger partial charge in [-0.15, -0.1) is 6.58 Å². The maximum absolute atomic E-state index is 10.9. The molecule has 0 atom stereocenters. The molecule has 0 fully saturated rings. The highest BCUT2D eigenvalue weighted by Gasteiger charge is 2.11. The Balaban J connectivity index is 3.24. The third-order valence-electron chi connectivity index (χ3n) is 2.00. The lowest BCUT2D eigenvalue weighted by atomic mass is 10.0. The second-order valence-corrected chi connectivity index (χ2v) is 3.44. The molecule has 2 nitrogen and oxygen atoms in total. The van der Waals surface area contributed by atoms with E-state index in [1.54, 1.807) is 18.2 Å². The molecule has 0 amide bonds. The minimum Gasteiger partial charge on any atom is -0.478 e. The summed E-state index contributed by atoms with van der Waals surface area (Å²) >= 11 is 3.30. The topological polar surface area (TPSA) is 37.3 Å². The number of halogens is 1. The van der Waals surface area contributed by atoms with Crippen molar-refractivity contribution in [3.8, 4) is 0 Å². The first-order valence-electron chi connectivity index (χ1n) is 4.21. The molecule has 0 aromatic heterocycles. The molecule has 0 unspecified atom stereocenters. The largest absolute Gasteiger partial charge is 0.478 e. The number of hydrogen-bond acceptors (Lipinski definition) is 1. The van der Waals surface area contributed by atoms with Crippen molar-refractivity contribution in [3.63, 3.8) is 0 Å². The molecule has 1 aromatic rings. The molecular formula is C11H11BrO2. The molecule has 0 saturated heterocycles. The van der Waals surface area contributed by atoms with Gasteiger partial charge in [-0.05, 0) is 23.6 Å². The zero-order valence-corrected chi connectivity index (χ0v) is 9.25. The molecule has 1 aromatic carbocycles. The number of hydrogen-bond donors (Lipinski definition) is 1. The molecule has 0 aliphatic carbocycles. The van der Waals surface area contributed by atoms with Crippen LogP contribution < -0.4 is 0 Å². The lowest BCUT2D eigenvalue weighted by Crippen LogP contribution is -2.03. The average Bonchev–Trinajstić information content (AvgIpc) is 2.18. The predicted molar refractivity (Wildman–Crippen MR) is 59.9 cm³/mol. The van der Waals surface area contributed by atoms with Crippen LogP contribution in [0.1, 0.15) is 21.5 Å². The zero-order chi connectivity index (χ0) is 10.6. The maximum Gasteiger partial charge on any atom is 0.336 e. The third-order valence-corrected chi connectivity index (χ3v) is 2.56. The summed E-state index contributed by atoms with van der Waals surface area (Å²) < 4.78 is 0. The number of benzene rings is 1. The summed E-state index contributed by atoms with van der Waals surface area (Å²) in [6.07, 6.45) is 2.47. The Morgan fingerprint density at radius 2 is 2.29 bits per heavy atom. The zero-order valence-electron chi connectivity index (χ0n) is 7.66. The molecule has 0 bridgehead atoms. The second kappa shape index (κ2) is 4.96. The van der Waals surface area contributed by atoms with Crippen molar-refractivity contribution < 1.29 is 9.90 Å². The Kier molecular flexibility index (Phi) is 3.89. The van der Waals surface area contributed by atoms with Crippen LogP contribution in [0.2, 0.25) is 0 Å². The molecule has 1 rings (SSSR count). The van der Waals surface area contributed by atoms with Gasteiger partial charge in [-0.2, -0.15) is 0 Å². The Labute approximate surface area is 91.4 Å². The van der Waals surface area contributed by atoms with Gasteiger partial charge in [-0.1, -0.05) is 34.1 Å². The lowest BCUT2D eigenvalue weighted by molar-refractivity contribution is 0.0696. The summed E-state index contributed by atoms with van der Waals surface area (Å²) in [7, 11) is 0. The van der Waals surface area contributed by atoms with Crippen LogP contribution in [0.4, 0.5) is 0 Å². The second-order valence-electron chi connectivity index (χ2n) is 2.87. The van der Waals surface area contributed by atoms with Crippen LogP contribution in [0.25, 0.3) is 0 Å². The summed E-state index contributed by atoms with van der Waals surface area (Å²) in [5.41, 5.74) is 2.21. The summed E-state index contributed by atoms with van der Waals surface area (Å²) in [5.74, 6) is -0.884. The Morgan fingerprint density at radius 1 is 1.57 bits per heavy atom. The van der Waals surface area contributed by atoms with Crippen molar-refractivity contribution in [2.24, 2.45) is 0 Å². The minimum absolute atomic E-state index is 0.362. The molecule has 0 saturated carbocycles. The number of carboxylic acids is 1. The van der Waals surface area contributed by atoms with Gasteiger partial charge in [0.05, 0.1) is 5.56 Å². The van der Waals surface area contributed by atoms with E-state index in [-0.39, 0.29) is 0 Å². The molecule has 0 aliphatic heterocycles. The molecule has 74 valence electrons. The van der Waals surface area contributed by atoms with E-state index in [0.717, 1.165) is 11.1 Å². The van der Waals surface area contributed by atoms with Crippen molar-refractivity contribution in [2.45, 2.75) is 11.8 Å². The normalized spacial score (nSPS) is 9.79. The van der Waals surface area contributed by atoms with Crippen LogP contribution >= 0.6 is 15.9 Å². The monoisotopic (exact) mass is 254 g/mol. The summed E-state index contributed by atoms with van der Waals surface area (Å²) in [5, 5.41) is 9.50. The van der Waals surface area contributed by atoms with Gasteiger partial charge >= 0.3 is 5.97 Å². The van der Waals surface area contributed by atoms with E-state index in [2.05, 4.69) is 22.5 Å². The number of rotatable bonds is 4. The van der Waals surface area contributed by atoms with E-state index < -0.39 is 5.97 Å². The highest BCUT2D eigenvalue weighted by Crippen LogP contribution is 2.19. The lowest BCUT2D eigenvalue weighted by Gasteiger charge is -2.08. The smallest absolute Gasteiger partial charge is 0.336 e. The van der Waals surface area contributed by atoms with E-state index >= 15 is 0 Å². The van der Waals surface area contributed by atoms with Gasteiger partial charge in [0.25, 0.3) is 0 Å². The minimum atomic E-state index is -0.884. The van der Waals surface area contributed by atoms with Gasteiger partial charge in [0.15, 0.2) is 0 Å². The van der Waals surface area contributed by atoms with E-state index in [1.807, 2.05) is 6.07 Å². The van der Waals surface area contributed by atoms with Crippen LogP contribution in [0.15, 0.2) is 30.9 Å². The van der Waals surface area contributed by atoms with Crippen molar-refractivity contribution in [2.75, 3.05) is 0 Å². The van der Waals surface area contributed by atoms with Crippen molar-refractivity contribution >= 4 is 21.9 Å². The number of aromatic carboxylic acids is 1. The molecular weight excluding hydrogens is 244 g/mol. The van der Waals surface area contributed by atoms with Crippen LogP contribution in [-0.4, -0.2) is 11.1 Å². The fourth-order valence-electron chi connectivity index (χ4n) is 1.34. The molecule has 3 heteroatoms. The number of carbonyl (C=O) groups is 1. The van der Waals surface area contributed by atoms with Gasteiger partial charge in [0.1, 0.15) is 0 Å². The van der Waals surface area contributed by atoms with Crippen LogP contribution in [0, 0.1) is 0 Å². The number of carboxylic acid groups (broad SMARTS) is 1. The van der Waals surface area contributed by atoms with Crippen LogP contribution in [0.5, 0.6) is 0 Å². The van der Waals surface area contributed by atoms with Crippen molar-refractivity contribution in [1.82, 2.24) is 0 Å². The van der Waals surface area contributed by atoms with Crippen molar-refractivity contribution in [1.29, 1.82) is 0 Å². The number of alkyl halides is 1. The van der Waals surface area contributed by atoms with E-state index in [4.69, 9.17) is 5.11 Å². The van der Waals surface area contributed by atoms with E-state index in [0.29, 0.717) is 17.3 Å².